The maximum absolute atomic E-state index is 10.6. The topological polar surface area (TPSA) is 103 Å². The molecule has 0 fully saturated rings. The van der Waals surface area contributed by atoms with Gasteiger partial charge in [-0.25, -0.2) is 17.6 Å². The Morgan fingerprint density at radius 3 is 2.54 bits per heavy atom. The Kier molecular flexibility index (Phi) is 6.04. The van der Waals surface area contributed by atoms with Gasteiger partial charge >= 0.3 is 5.95 Å². The van der Waals surface area contributed by atoms with E-state index in [1.807, 2.05) is 59.9 Å². The monoisotopic (exact) mass is 351 g/mol. The Balaban J connectivity index is 2.01. The predicted octanol–water partition coefficient (Wildman–Crippen LogP) is 2.10. The second-order valence-corrected chi connectivity index (χ2v) is 6.89. The fourth-order valence-corrected chi connectivity index (χ4v) is 2.73. The molecule has 1 heterocycles. The molecule has 8 nitrogen and oxygen atoms in total. The number of benzene rings is 1. The highest BCUT2D eigenvalue weighted by Crippen LogP contribution is 2.18. The minimum atomic E-state index is -4.15. The van der Waals surface area contributed by atoms with Crippen LogP contribution in [0.3, 0.4) is 0 Å². The van der Waals surface area contributed by atoms with E-state index in [9.17, 15) is 13.0 Å². The van der Waals surface area contributed by atoms with Crippen molar-refractivity contribution in [2.45, 2.75) is 19.4 Å². The zero-order valence-electron chi connectivity index (χ0n) is 13.7. The first kappa shape index (κ1) is 18.1. The number of imidazole rings is 1. The van der Waals surface area contributed by atoms with E-state index >= 15 is 0 Å². The summed E-state index contributed by atoms with van der Waals surface area (Å²) in [4.78, 5) is 0. The van der Waals surface area contributed by atoms with Crippen molar-refractivity contribution in [1.29, 1.82) is 0 Å². The Bertz CT molecular complexity index is 797. The van der Waals surface area contributed by atoms with E-state index in [0.717, 1.165) is 11.4 Å². The molecule has 0 saturated carbocycles. The number of aryl methyl sites for hydroxylation is 2. The molecule has 2 aromatic rings. The number of hydrogen-bond acceptors (Lipinski definition) is 6. The van der Waals surface area contributed by atoms with Crippen LogP contribution < -0.4 is 9.88 Å². The summed E-state index contributed by atoms with van der Waals surface area (Å²) in [5.74, 6) is 0.312. The van der Waals surface area contributed by atoms with E-state index in [4.69, 9.17) is 0 Å². The molecule has 0 saturated heterocycles. The second-order valence-electron chi connectivity index (χ2n) is 5.37. The van der Waals surface area contributed by atoms with Gasteiger partial charge in [0.2, 0.25) is 0 Å². The molecule has 130 valence electrons. The van der Waals surface area contributed by atoms with Gasteiger partial charge in [0.1, 0.15) is 5.69 Å². The number of unbranched alkanes of at least 4 members (excludes halogenated alkanes) is 1. The molecule has 0 aliphatic rings. The maximum Gasteiger partial charge on any atom is 0.421 e. The molecule has 0 aliphatic carbocycles. The first-order valence-corrected chi connectivity index (χ1v) is 9.14. The minimum absolute atomic E-state index is 0.329. The van der Waals surface area contributed by atoms with E-state index in [0.29, 0.717) is 25.3 Å². The van der Waals surface area contributed by atoms with Gasteiger partial charge in [0.05, 0.1) is 36.1 Å². The van der Waals surface area contributed by atoms with Crippen LogP contribution in [0, 0.1) is 0 Å². The molecular formula is C15H21N5O3S. The van der Waals surface area contributed by atoms with E-state index in [1.165, 1.54) is 0 Å². The summed E-state index contributed by atoms with van der Waals surface area (Å²) in [6, 6.07) is 7.55. The Hall–Kier alpha value is -2.26. The number of anilines is 1. The molecule has 1 aromatic heterocycles. The van der Waals surface area contributed by atoms with Crippen molar-refractivity contribution in [2.24, 2.45) is 17.3 Å². The van der Waals surface area contributed by atoms with Crippen molar-refractivity contribution in [2.75, 3.05) is 18.1 Å². The molecule has 1 N–H and O–H groups in total. The van der Waals surface area contributed by atoms with Gasteiger partial charge in [-0.05, 0) is 37.1 Å². The molecule has 9 heteroatoms. The maximum atomic E-state index is 10.6. The number of nitrogens with zero attached hydrogens (tertiary/aromatic N) is 4. The van der Waals surface area contributed by atoms with Crippen LogP contribution in [0.5, 0.6) is 0 Å². The normalized spacial score (nSPS) is 12.0. The van der Waals surface area contributed by atoms with Crippen molar-refractivity contribution in [3.8, 4) is 0 Å². The van der Waals surface area contributed by atoms with Crippen LogP contribution in [0.4, 0.5) is 17.3 Å². The summed E-state index contributed by atoms with van der Waals surface area (Å²) in [5, 5.41) is 11.5. The average Bonchev–Trinajstić information content (AvgIpc) is 2.89. The lowest BCUT2D eigenvalue weighted by Crippen LogP contribution is -2.32. The Labute approximate surface area is 141 Å². The average molecular weight is 351 g/mol. The fourth-order valence-electron chi connectivity index (χ4n) is 2.18. The smallest absolute Gasteiger partial charge is 0.421 e. The van der Waals surface area contributed by atoms with Crippen LogP contribution in [-0.4, -0.2) is 30.3 Å². The van der Waals surface area contributed by atoms with Crippen LogP contribution >= 0.6 is 0 Å². The van der Waals surface area contributed by atoms with Gasteiger partial charge in [-0.2, -0.15) is 0 Å². The molecular weight excluding hydrogens is 330 g/mol. The fraction of sp³-hybridized carbons (Fsp3) is 0.400. The largest absolute Gasteiger partial charge is 0.748 e. The van der Waals surface area contributed by atoms with Crippen LogP contribution in [0.15, 0.2) is 46.9 Å². The van der Waals surface area contributed by atoms with E-state index in [2.05, 4.69) is 15.5 Å². The molecule has 0 unspecified atom stereocenters. The zero-order chi connectivity index (χ0) is 17.6. The third kappa shape index (κ3) is 5.43. The molecule has 0 atom stereocenters. The van der Waals surface area contributed by atoms with E-state index in [-0.39, 0.29) is 5.75 Å². The molecule has 0 radical (unpaired) electrons. The highest BCUT2D eigenvalue weighted by molar-refractivity contribution is 7.85. The van der Waals surface area contributed by atoms with Gasteiger partial charge in [0.15, 0.2) is 0 Å². The van der Waals surface area contributed by atoms with E-state index in [1.54, 1.807) is 0 Å². The van der Waals surface area contributed by atoms with Crippen molar-refractivity contribution in [3.63, 3.8) is 0 Å². The highest BCUT2D eigenvalue weighted by Gasteiger charge is 2.14. The number of hydrogen-bond donors (Lipinski definition) is 1. The molecule has 0 spiro atoms. The second kappa shape index (κ2) is 8.02. The summed E-state index contributed by atoms with van der Waals surface area (Å²) in [5.41, 5.74) is 1.73. The first-order chi connectivity index (χ1) is 11.4. The summed E-state index contributed by atoms with van der Waals surface area (Å²) in [6.07, 6.45) is 4.61. The van der Waals surface area contributed by atoms with Crippen molar-refractivity contribution in [3.05, 3.63) is 36.7 Å². The number of nitrogens with one attached hydrogen (secondary N) is 1. The van der Waals surface area contributed by atoms with Crippen molar-refractivity contribution in [1.82, 2.24) is 4.57 Å². The standard InChI is InChI=1S/C15H21N5O3S/c1-16-13-5-7-14(8-6-13)17-18-15-19(2)10-11-20(15)9-3-4-12-24(21,22)23/h5-8,10-11H,3-4,9,12H2,1-2H3,(H,21,22,23). The van der Waals surface area contributed by atoms with Crippen LogP contribution in [0.25, 0.3) is 0 Å². The first-order valence-electron chi connectivity index (χ1n) is 7.57. The summed E-state index contributed by atoms with van der Waals surface area (Å²) < 4.78 is 35.5. The van der Waals surface area contributed by atoms with Crippen LogP contribution in [-0.2, 0) is 23.7 Å². The predicted molar refractivity (Wildman–Crippen MR) is 89.6 cm³/mol. The third-order valence-electron chi connectivity index (χ3n) is 3.50. The van der Waals surface area contributed by atoms with Crippen molar-refractivity contribution < 1.29 is 17.5 Å². The van der Waals surface area contributed by atoms with Gasteiger partial charge in [-0.3, -0.25) is 0 Å². The van der Waals surface area contributed by atoms with Gasteiger partial charge in [-0.15, -0.1) is 0 Å². The third-order valence-corrected chi connectivity index (χ3v) is 4.29. The highest BCUT2D eigenvalue weighted by atomic mass is 32.2. The number of aromatic nitrogens is 2. The minimum Gasteiger partial charge on any atom is -0.748 e. The molecule has 0 aliphatic heterocycles. The van der Waals surface area contributed by atoms with Crippen LogP contribution in [0.2, 0.25) is 0 Å². The zero-order valence-corrected chi connectivity index (χ0v) is 14.5. The van der Waals surface area contributed by atoms with E-state index < -0.39 is 10.1 Å². The van der Waals surface area contributed by atoms with Gasteiger partial charge < -0.3 is 9.87 Å². The molecule has 0 amide bonds. The summed E-state index contributed by atoms with van der Waals surface area (Å²) in [7, 11) is -0.440. The molecule has 0 bridgehead atoms. The molecule has 24 heavy (non-hydrogen) atoms. The summed E-state index contributed by atoms with van der Waals surface area (Å²) >= 11 is 0. The molecule has 2 rings (SSSR count). The quantitative estimate of drug-likeness (QED) is 0.340. The Morgan fingerprint density at radius 1 is 1.21 bits per heavy atom. The van der Waals surface area contributed by atoms with Gasteiger partial charge in [-0.1, -0.05) is 5.11 Å². The van der Waals surface area contributed by atoms with Gasteiger partial charge in [0.25, 0.3) is 0 Å². The Morgan fingerprint density at radius 2 is 1.92 bits per heavy atom. The lowest BCUT2D eigenvalue weighted by molar-refractivity contribution is -0.684. The summed E-state index contributed by atoms with van der Waals surface area (Å²) in [6.45, 7) is 0.573. The number of azo groups is 1. The lowest BCUT2D eigenvalue weighted by atomic mass is 10.3. The van der Waals surface area contributed by atoms with Crippen LogP contribution in [0.1, 0.15) is 12.8 Å². The SMILES string of the molecule is CNc1ccc(/N=N/c2n(C)cc[n+]2CCCCS(=O)(=O)[O-])cc1. The van der Waals surface area contributed by atoms with Crippen molar-refractivity contribution >= 4 is 27.4 Å². The molecule has 1 aromatic carbocycles. The van der Waals surface area contributed by atoms with Gasteiger partial charge in [0, 0.05) is 23.6 Å². The lowest BCUT2D eigenvalue weighted by Gasteiger charge is -2.05. The number of rotatable bonds is 8.